The maximum atomic E-state index is 12.1. The standard InChI is InChI=1S/2C18H31NO6.C17H29NO6/c1-4-8-15(24-16(22)13(2)3)25-17(23)19-12-18(11-14(20)21)9-6-5-7-10-18;1-3-8-15(22)24-16(9-4-2)25-17(23)19-13-18(12-14(20)21)10-6-5-7-11-18;1-3-8-15(23-14(21)4-2)24-16(22)18-12-17(11-13(19)20)9-6-5-7-10-17/h13,15H,4-12H2,1-3H3,(H,19,23)(H,20,21);16H,3-13H2,1-2H3,(H,19,23)(H,20,21);15H,3-12H2,1-2H3,(H,18,22)(H,19,20). The Bertz CT molecular complexity index is 1720. The molecule has 21 nitrogen and oxygen atoms in total. The minimum absolute atomic E-state index is 0.0357. The number of esters is 3. The minimum atomic E-state index is -0.915. The lowest BCUT2D eigenvalue weighted by molar-refractivity contribution is -0.173. The maximum Gasteiger partial charge on any atom is 0.410 e. The zero-order chi connectivity index (χ0) is 55.6. The van der Waals surface area contributed by atoms with Crippen molar-refractivity contribution in [2.45, 2.75) is 241 Å². The van der Waals surface area contributed by atoms with Crippen LogP contribution < -0.4 is 16.0 Å². The third kappa shape index (κ3) is 28.9. The summed E-state index contributed by atoms with van der Waals surface area (Å²) in [5, 5.41) is 35.5. The summed E-state index contributed by atoms with van der Waals surface area (Å²) in [5.41, 5.74) is -1.25. The molecule has 3 aliphatic rings. The van der Waals surface area contributed by atoms with E-state index in [0.29, 0.717) is 44.9 Å². The summed E-state index contributed by atoms with van der Waals surface area (Å²) in [6, 6.07) is 0. The Morgan fingerprint density at radius 2 is 0.716 bits per heavy atom. The third-order valence-corrected chi connectivity index (χ3v) is 13.4. The highest BCUT2D eigenvalue weighted by Gasteiger charge is 2.38. The summed E-state index contributed by atoms with van der Waals surface area (Å²) in [5.74, 6) is -4.08. The van der Waals surface area contributed by atoms with Gasteiger partial charge in [0.05, 0.1) is 25.2 Å². The van der Waals surface area contributed by atoms with Crippen LogP contribution in [0.3, 0.4) is 0 Å². The fraction of sp³-hybridized carbons (Fsp3) is 0.830. The van der Waals surface area contributed by atoms with E-state index >= 15 is 0 Å². The molecule has 0 saturated heterocycles. The number of hydrogen-bond acceptors (Lipinski definition) is 15. The number of hydrogen-bond donors (Lipinski definition) is 6. The van der Waals surface area contributed by atoms with E-state index in [-0.39, 0.29) is 63.6 Å². The van der Waals surface area contributed by atoms with Gasteiger partial charge in [0.25, 0.3) is 0 Å². The van der Waals surface area contributed by atoms with Crippen molar-refractivity contribution in [2.75, 3.05) is 19.6 Å². The van der Waals surface area contributed by atoms with Crippen LogP contribution in [0, 0.1) is 22.2 Å². The van der Waals surface area contributed by atoms with Gasteiger partial charge < -0.3 is 59.7 Å². The first-order valence-electron chi connectivity index (χ1n) is 27.2. The van der Waals surface area contributed by atoms with Crippen LogP contribution in [0.5, 0.6) is 0 Å². The highest BCUT2D eigenvalue weighted by molar-refractivity contribution is 5.73. The Morgan fingerprint density at radius 1 is 0.419 bits per heavy atom. The first-order chi connectivity index (χ1) is 35.1. The van der Waals surface area contributed by atoms with Gasteiger partial charge in [0.1, 0.15) is 0 Å². The Labute approximate surface area is 438 Å². The maximum absolute atomic E-state index is 12.1. The summed E-state index contributed by atoms with van der Waals surface area (Å²) >= 11 is 0. The highest BCUT2D eigenvalue weighted by atomic mass is 16.7. The summed E-state index contributed by atoms with van der Waals surface area (Å²) in [6.45, 7) is 13.5. The fourth-order valence-electron chi connectivity index (χ4n) is 9.42. The number of amides is 3. The van der Waals surface area contributed by atoms with Gasteiger partial charge in [-0.3, -0.25) is 28.8 Å². The van der Waals surface area contributed by atoms with Crippen LogP contribution in [0.1, 0.15) is 222 Å². The van der Waals surface area contributed by atoms with Gasteiger partial charge in [-0.15, -0.1) is 0 Å². The lowest BCUT2D eigenvalue weighted by Crippen LogP contribution is -2.42. The molecule has 0 bridgehead atoms. The van der Waals surface area contributed by atoms with E-state index < -0.39 is 83.2 Å². The van der Waals surface area contributed by atoms with E-state index in [1.165, 1.54) is 0 Å². The van der Waals surface area contributed by atoms with Crippen LogP contribution in [0.15, 0.2) is 0 Å². The molecule has 3 aliphatic carbocycles. The molecule has 426 valence electrons. The molecule has 0 aromatic rings. The number of carboxylic acids is 3. The summed E-state index contributed by atoms with van der Waals surface area (Å²) in [7, 11) is 0. The molecule has 3 saturated carbocycles. The molecule has 0 aromatic heterocycles. The first-order valence-corrected chi connectivity index (χ1v) is 27.2. The Kier molecular flexibility index (Phi) is 32.9. The van der Waals surface area contributed by atoms with E-state index in [1.54, 1.807) is 20.8 Å². The molecule has 74 heavy (non-hydrogen) atoms. The number of carbonyl (C=O) groups is 9. The van der Waals surface area contributed by atoms with Crippen LogP contribution in [-0.2, 0) is 57.2 Å². The van der Waals surface area contributed by atoms with Crippen molar-refractivity contribution in [3.05, 3.63) is 0 Å². The van der Waals surface area contributed by atoms with Crippen LogP contribution in [0.25, 0.3) is 0 Å². The molecule has 3 fully saturated rings. The average molecular weight is 1060 g/mol. The van der Waals surface area contributed by atoms with Crippen LogP contribution in [-0.4, -0.2) is 108 Å². The molecule has 3 amide bonds. The number of aliphatic carboxylic acids is 3. The lowest BCUT2D eigenvalue weighted by Gasteiger charge is -2.36. The van der Waals surface area contributed by atoms with Gasteiger partial charge in [0.2, 0.25) is 18.9 Å². The van der Waals surface area contributed by atoms with Crippen molar-refractivity contribution in [1.29, 1.82) is 0 Å². The normalized spacial score (nSPS) is 17.5. The molecule has 0 radical (unpaired) electrons. The number of alkyl carbamates (subject to hydrolysis) is 3. The Hall–Kier alpha value is -5.37. The van der Waals surface area contributed by atoms with Crippen molar-refractivity contribution in [2.24, 2.45) is 22.2 Å². The number of ether oxygens (including phenoxy) is 6. The lowest BCUT2D eigenvalue weighted by atomic mass is 9.72. The SMILES string of the molecule is CCCC(=O)OC(CCC)OC(=O)NCC1(CC(=O)O)CCCCC1.CCCC(OC(=O)CC)OC(=O)NCC1(CC(=O)O)CCCCC1.CCCC(OC(=O)NCC1(CC(=O)O)CCCCC1)OC(=O)C(C)C. The van der Waals surface area contributed by atoms with Crippen LogP contribution in [0.4, 0.5) is 14.4 Å². The van der Waals surface area contributed by atoms with Gasteiger partial charge in [-0.1, -0.05) is 106 Å². The van der Waals surface area contributed by atoms with Crippen molar-refractivity contribution in [3.63, 3.8) is 0 Å². The van der Waals surface area contributed by atoms with Crippen LogP contribution in [0.2, 0.25) is 0 Å². The third-order valence-electron chi connectivity index (χ3n) is 13.4. The van der Waals surface area contributed by atoms with E-state index in [0.717, 1.165) is 96.3 Å². The fourth-order valence-corrected chi connectivity index (χ4v) is 9.42. The largest absolute Gasteiger partial charge is 0.481 e. The average Bonchev–Trinajstić information content (AvgIpc) is 3.33. The molecule has 0 aromatic carbocycles. The quantitative estimate of drug-likeness (QED) is 0.0241. The molecule has 3 atom stereocenters. The molecule has 0 aliphatic heterocycles. The molecule has 3 rings (SSSR count). The van der Waals surface area contributed by atoms with E-state index in [4.69, 9.17) is 43.7 Å². The monoisotopic (exact) mass is 1060 g/mol. The number of carboxylic acid groups (broad SMARTS) is 3. The molecule has 0 spiro atoms. The van der Waals surface area contributed by atoms with Crippen LogP contribution >= 0.6 is 0 Å². The molecule has 0 heterocycles. The molecule has 3 unspecified atom stereocenters. The summed E-state index contributed by atoms with van der Waals surface area (Å²) in [6.07, 6.45) is 13.7. The van der Waals surface area contributed by atoms with Crippen molar-refractivity contribution in [3.8, 4) is 0 Å². The zero-order valence-corrected chi connectivity index (χ0v) is 45.5. The van der Waals surface area contributed by atoms with Crippen molar-refractivity contribution >= 4 is 54.1 Å². The van der Waals surface area contributed by atoms with Gasteiger partial charge in [0.15, 0.2) is 0 Å². The molecule has 6 N–H and O–H groups in total. The Balaban J connectivity index is 0.000000555. The van der Waals surface area contributed by atoms with Gasteiger partial charge in [-0.2, -0.15) is 0 Å². The zero-order valence-electron chi connectivity index (χ0n) is 45.5. The first kappa shape index (κ1) is 66.6. The highest BCUT2D eigenvalue weighted by Crippen LogP contribution is 2.41. The topological polar surface area (TPSA) is 306 Å². The van der Waals surface area contributed by atoms with E-state index in [1.807, 2.05) is 27.7 Å². The van der Waals surface area contributed by atoms with Gasteiger partial charge in [0, 0.05) is 51.7 Å². The smallest absolute Gasteiger partial charge is 0.410 e. The van der Waals surface area contributed by atoms with E-state index in [2.05, 4.69) is 16.0 Å². The van der Waals surface area contributed by atoms with Crippen molar-refractivity contribution in [1.82, 2.24) is 16.0 Å². The summed E-state index contributed by atoms with van der Waals surface area (Å²) in [4.78, 5) is 104. The van der Waals surface area contributed by atoms with Gasteiger partial charge in [-0.25, -0.2) is 14.4 Å². The summed E-state index contributed by atoms with van der Waals surface area (Å²) < 4.78 is 31.0. The minimum Gasteiger partial charge on any atom is -0.481 e. The number of nitrogens with one attached hydrogen (secondary N) is 3. The predicted octanol–water partition coefficient (Wildman–Crippen LogP) is 10.3. The Morgan fingerprint density at radius 3 is 0.973 bits per heavy atom. The second-order valence-corrected chi connectivity index (χ2v) is 20.5. The molecule has 21 heteroatoms. The predicted molar refractivity (Wildman–Crippen MR) is 271 cm³/mol. The van der Waals surface area contributed by atoms with Crippen molar-refractivity contribution < 1.29 is 86.9 Å². The molecular formula is C53H91N3O18. The number of rotatable bonds is 28. The number of carbonyl (C=O) groups excluding carboxylic acids is 6. The second-order valence-electron chi connectivity index (χ2n) is 20.5. The van der Waals surface area contributed by atoms with E-state index in [9.17, 15) is 43.2 Å². The van der Waals surface area contributed by atoms with Gasteiger partial charge >= 0.3 is 54.1 Å². The molecular weight excluding hydrogens is 967 g/mol. The van der Waals surface area contributed by atoms with Gasteiger partial charge in [-0.05, 0) is 80.5 Å². The second kappa shape index (κ2) is 36.6.